The van der Waals surface area contributed by atoms with E-state index in [9.17, 15) is 14.4 Å². The Morgan fingerprint density at radius 3 is 2.35 bits per heavy atom. The van der Waals surface area contributed by atoms with Crippen LogP contribution in [0.3, 0.4) is 0 Å². The van der Waals surface area contributed by atoms with Crippen LogP contribution < -0.4 is 0 Å². The quantitative estimate of drug-likeness (QED) is 0.460. The van der Waals surface area contributed by atoms with E-state index in [2.05, 4.69) is 0 Å². The molecule has 0 spiro atoms. The van der Waals surface area contributed by atoms with E-state index >= 15 is 0 Å². The van der Waals surface area contributed by atoms with Crippen molar-refractivity contribution in [2.75, 3.05) is 7.11 Å². The van der Waals surface area contributed by atoms with E-state index in [0.717, 1.165) is 0 Å². The topological polar surface area (TPSA) is 73.6 Å². The Bertz CT molecular complexity index is 720. The second-order valence-corrected chi connectivity index (χ2v) is 5.36. The molecule has 0 aliphatic carbocycles. The molecule has 0 fully saturated rings. The van der Waals surface area contributed by atoms with Gasteiger partial charge in [-0.2, -0.15) is 0 Å². The molecule has 0 saturated heterocycles. The van der Waals surface area contributed by atoms with Crippen LogP contribution in [0.2, 0.25) is 5.02 Å². The van der Waals surface area contributed by atoms with Gasteiger partial charge < -0.3 is 9.15 Å². The van der Waals surface area contributed by atoms with Crippen molar-refractivity contribution in [3.05, 3.63) is 59.0 Å². The molecule has 0 bridgehead atoms. The second-order valence-electron chi connectivity index (χ2n) is 4.95. The van der Waals surface area contributed by atoms with E-state index in [0.29, 0.717) is 5.56 Å². The van der Waals surface area contributed by atoms with Crippen molar-refractivity contribution in [2.24, 2.45) is 5.92 Å². The Kier molecular flexibility index (Phi) is 5.34. The standard InChI is InChI=1S/C17H15ClO5/c1-10(19)14(17(21)22-2)15(11-6-3-4-7-12(11)18)16(20)13-8-5-9-23-13/h3-9,14-15H,1-2H3. The lowest BCUT2D eigenvalue weighted by Crippen LogP contribution is -2.34. The number of carbonyl (C=O) groups is 3. The smallest absolute Gasteiger partial charge is 0.317 e. The Hall–Kier alpha value is -2.40. The summed E-state index contributed by atoms with van der Waals surface area (Å²) in [6.45, 7) is 1.24. The third-order valence-electron chi connectivity index (χ3n) is 3.51. The molecule has 6 heteroatoms. The van der Waals surface area contributed by atoms with Gasteiger partial charge >= 0.3 is 5.97 Å². The summed E-state index contributed by atoms with van der Waals surface area (Å²) in [6.07, 6.45) is 1.35. The van der Waals surface area contributed by atoms with Gasteiger partial charge in [-0.1, -0.05) is 29.8 Å². The molecule has 0 aliphatic rings. The van der Waals surface area contributed by atoms with Crippen LogP contribution in [-0.4, -0.2) is 24.6 Å². The highest BCUT2D eigenvalue weighted by atomic mass is 35.5. The molecule has 0 N–H and O–H groups in total. The minimum Gasteiger partial charge on any atom is -0.468 e. The summed E-state index contributed by atoms with van der Waals surface area (Å²) in [5.74, 6) is -4.14. The molecule has 2 rings (SSSR count). The van der Waals surface area contributed by atoms with Crippen molar-refractivity contribution in [3.8, 4) is 0 Å². The number of hydrogen-bond donors (Lipinski definition) is 0. The zero-order valence-electron chi connectivity index (χ0n) is 12.6. The van der Waals surface area contributed by atoms with Gasteiger partial charge in [-0.25, -0.2) is 0 Å². The lowest BCUT2D eigenvalue weighted by atomic mass is 9.80. The molecule has 0 amide bonds. The van der Waals surface area contributed by atoms with Crippen molar-refractivity contribution in [1.82, 2.24) is 0 Å². The molecule has 2 unspecified atom stereocenters. The summed E-state index contributed by atoms with van der Waals surface area (Å²) in [4.78, 5) is 36.9. The lowest BCUT2D eigenvalue weighted by molar-refractivity contribution is -0.149. The van der Waals surface area contributed by atoms with E-state index in [-0.39, 0.29) is 10.8 Å². The SMILES string of the molecule is COC(=O)C(C(C)=O)C(C(=O)c1ccco1)c1ccccc1Cl. The summed E-state index contributed by atoms with van der Waals surface area (Å²) in [7, 11) is 1.17. The maximum absolute atomic E-state index is 12.8. The predicted octanol–water partition coefficient (Wildman–Crippen LogP) is 3.28. The average molecular weight is 335 g/mol. The Balaban J connectivity index is 2.59. The Morgan fingerprint density at radius 2 is 1.83 bits per heavy atom. The summed E-state index contributed by atoms with van der Waals surface area (Å²) in [6, 6.07) is 9.60. The Morgan fingerprint density at radius 1 is 1.13 bits per heavy atom. The van der Waals surface area contributed by atoms with Gasteiger partial charge in [-0.05, 0) is 30.7 Å². The van der Waals surface area contributed by atoms with Gasteiger partial charge in [-0.15, -0.1) is 0 Å². The number of halogens is 1. The minimum absolute atomic E-state index is 0.0464. The number of rotatable bonds is 6. The summed E-state index contributed by atoms with van der Waals surface area (Å²) in [5.41, 5.74) is 0.376. The van der Waals surface area contributed by atoms with Crippen LogP contribution in [0, 0.1) is 5.92 Å². The third-order valence-corrected chi connectivity index (χ3v) is 3.86. The van der Waals surface area contributed by atoms with Gasteiger partial charge in [0.2, 0.25) is 5.78 Å². The molecular weight excluding hydrogens is 320 g/mol. The number of ether oxygens (including phenoxy) is 1. The molecule has 0 aliphatic heterocycles. The normalized spacial score (nSPS) is 13.2. The number of methoxy groups -OCH3 is 1. The van der Waals surface area contributed by atoms with Crippen molar-refractivity contribution in [2.45, 2.75) is 12.8 Å². The first-order valence-electron chi connectivity index (χ1n) is 6.87. The van der Waals surface area contributed by atoms with Crippen LogP contribution in [0.4, 0.5) is 0 Å². The number of esters is 1. The van der Waals surface area contributed by atoms with Crippen LogP contribution in [0.25, 0.3) is 0 Å². The van der Waals surface area contributed by atoms with Crippen LogP contribution in [0.1, 0.15) is 29.0 Å². The fraction of sp³-hybridized carbons (Fsp3) is 0.235. The van der Waals surface area contributed by atoms with Crippen molar-refractivity contribution >= 4 is 29.1 Å². The first-order valence-corrected chi connectivity index (χ1v) is 7.25. The second kappa shape index (κ2) is 7.24. The highest BCUT2D eigenvalue weighted by Gasteiger charge is 2.41. The fourth-order valence-electron chi connectivity index (χ4n) is 2.44. The summed E-state index contributed by atoms with van der Waals surface area (Å²) in [5, 5.41) is 0.285. The first kappa shape index (κ1) is 17.0. The van der Waals surface area contributed by atoms with E-state index in [4.69, 9.17) is 20.8 Å². The zero-order chi connectivity index (χ0) is 17.0. The van der Waals surface area contributed by atoms with Gasteiger partial charge in [0, 0.05) is 5.02 Å². The number of Topliss-reactive ketones (excluding diaryl/α,β-unsaturated/α-hetero) is 2. The molecule has 23 heavy (non-hydrogen) atoms. The lowest BCUT2D eigenvalue weighted by Gasteiger charge is -2.22. The molecular formula is C17H15ClO5. The summed E-state index contributed by atoms with van der Waals surface area (Å²) >= 11 is 6.17. The molecule has 1 aromatic carbocycles. The van der Waals surface area contributed by atoms with Crippen LogP contribution >= 0.6 is 11.6 Å². The van der Waals surface area contributed by atoms with Gasteiger partial charge in [0.05, 0.1) is 19.3 Å². The predicted molar refractivity (Wildman–Crippen MR) is 83.4 cm³/mol. The minimum atomic E-state index is -1.29. The highest BCUT2D eigenvalue weighted by molar-refractivity contribution is 6.32. The molecule has 2 aromatic rings. The monoisotopic (exact) mass is 334 g/mol. The number of hydrogen-bond acceptors (Lipinski definition) is 5. The molecule has 5 nitrogen and oxygen atoms in total. The average Bonchev–Trinajstić information content (AvgIpc) is 3.06. The van der Waals surface area contributed by atoms with E-state index in [1.807, 2.05) is 0 Å². The molecule has 2 atom stereocenters. The van der Waals surface area contributed by atoms with Crippen molar-refractivity contribution in [1.29, 1.82) is 0 Å². The molecule has 1 heterocycles. The fourth-order valence-corrected chi connectivity index (χ4v) is 2.69. The van der Waals surface area contributed by atoms with Gasteiger partial charge in [0.15, 0.2) is 5.76 Å². The molecule has 1 aromatic heterocycles. The van der Waals surface area contributed by atoms with Crippen LogP contribution in [0.15, 0.2) is 47.1 Å². The highest BCUT2D eigenvalue weighted by Crippen LogP contribution is 2.34. The molecule has 0 saturated carbocycles. The van der Waals surface area contributed by atoms with E-state index in [1.54, 1.807) is 30.3 Å². The van der Waals surface area contributed by atoms with Crippen LogP contribution in [0.5, 0.6) is 0 Å². The third kappa shape index (κ3) is 3.51. The van der Waals surface area contributed by atoms with Gasteiger partial charge in [0.25, 0.3) is 0 Å². The zero-order valence-corrected chi connectivity index (χ0v) is 13.4. The molecule has 120 valence electrons. The van der Waals surface area contributed by atoms with E-state index in [1.165, 1.54) is 26.4 Å². The number of benzene rings is 1. The first-order chi connectivity index (χ1) is 11.0. The largest absolute Gasteiger partial charge is 0.468 e. The van der Waals surface area contributed by atoms with Crippen molar-refractivity contribution in [3.63, 3.8) is 0 Å². The number of carbonyl (C=O) groups excluding carboxylic acids is 3. The summed E-state index contributed by atoms with van der Waals surface area (Å²) < 4.78 is 9.82. The molecule has 0 radical (unpaired) electrons. The number of ketones is 2. The maximum atomic E-state index is 12.8. The van der Waals surface area contributed by atoms with Crippen LogP contribution in [-0.2, 0) is 14.3 Å². The maximum Gasteiger partial charge on any atom is 0.317 e. The number of furan rings is 1. The van der Waals surface area contributed by atoms with Gasteiger partial charge in [0.1, 0.15) is 11.7 Å². The van der Waals surface area contributed by atoms with Crippen molar-refractivity contribution < 1.29 is 23.5 Å². The van der Waals surface area contributed by atoms with E-state index < -0.39 is 29.4 Å². The Labute approximate surface area is 138 Å². The van der Waals surface area contributed by atoms with Gasteiger partial charge in [-0.3, -0.25) is 14.4 Å².